The fraction of sp³-hybridized carbons (Fsp3) is 0.312. The van der Waals surface area contributed by atoms with Gasteiger partial charge in [-0.1, -0.05) is 47.7 Å². The second kappa shape index (κ2) is 5.37. The van der Waals surface area contributed by atoms with Crippen LogP contribution in [0, 0.1) is 0 Å². The maximum absolute atomic E-state index is 6.23. The average molecular weight is 379 g/mol. The number of thiophene rings is 1. The molecule has 0 saturated carbocycles. The second-order valence-corrected chi connectivity index (χ2v) is 13.9. The van der Waals surface area contributed by atoms with Gasteiger partial charge in [0.05, 0.1) is 19.0 Å². The fourth-order valence-electron chi connectivity index (χ4n) is 2.55. The maximum atomic E-state index is 6.23. The predicted octanol–water partition coefficient (Wildman–Crippen LogP) is 4.06. The number of fused-ring (bicyclic) bond motifs is 1. The molecule has 0 fully saturated rings. The quantitative estimate of drug-likeness (QED) is 0.786. The first-order chi connectivity index (χ1) is 9.84. The number of halogens is 1. The van der Waals surface area contributed by atoms with Crippen LogP contribution in [0.3, 0.4) is 0 Å². The van der Waals surface area contributed by atoms with Crippen LogP contribution >= 0.6 is 27.3 Å². The largest absolute Gasteiger partial charge is 0.383 e. The van der Waals surface area contributed by atoms with E-state index in [2.05, 4.69) is 59.8 Å². The van der Waals surface area contributed by atoms with Crippen LogP contribution in [-0.2, 0) is 6.42 Å². The summed E-state index contributed by atoms with van der Waals surface area (Å²) in [5, 5.41) is 0. The number of hydrogen-bond donors (Lipinski definition) is 1. The number of aliphatic imine (C=N–C) groups is 1. The molecule has 0 amide bonds. The monoisotopic (exact) mass is 378 g/mol. The highest BCUT2D eigenvalue weighted by atomic mass is 79.9. The van der Waals surface area contributed by atoms with E-state index in [0.717, 1.165) is 10.9 Å². The van der Waals surface area contributed by atoms with E-state index in [0.29, 0.717) is 5.84 Å². The Morgan fingerprint density at radius 3 is 2.71 bits per heavy atom. The van der Waals surface area contributed by atoms with Crippen LogP contribution < -0.4 is 10.2 Å². The van der Waals surface area contributed by atoms with Gasteiger partial charge in [0.15, 0.2) is 0 Å². The molecule has 0 aliphatic carbocycles. The summed E-state index contributed by atoms with van der Waals surface area (Å²) in [6.45, 7) is 7.14. The first kappa shape index (κ1) is 15.0. The third kappa shape index (κ3) is 3.00. The molecule has 1 unspecified atom stereocenters. The lowest BCUT2D eigenvalue weighted by Gasteiger charge is -2.19. The Morgan fingerprint density at radius 2 is 2.05 bits per heavy atom. The maximum Gasteiger partial charge on any atom is 0.136 e. The van der Waals surface area contributed by atoms with Crippen molar-refractivity contribution in [3.63, 3.8) is 0 Å². The molecule has 0 spiro atoms. The molecule has 3 rings (SSSR count). The highest BCUT2D eigenvalue weighted by Gasteiger charge is 2.27. The summed E-state index contributed by atoms with van der Waals surface area (Å²) >= 11 is 5.38. The molecule has 2 aromatic rings. The first-order valence-electron chi connectivity index (χ1n) is 7.07. The normalized spacial score (nSPS) is 18.3. The molecule has 5 heteroatoms. The number of rotatable bonds is 2. The zero-order chi connectivity index (χ0) is 15.2. The van der Waals surface area contributed by atoms with E-state index in [1.807, 2.05) is 17.4 Å². The summed E-state index contributed by atoms with van der Waals surface area (Å²) in [6.07, 6.45) is 0.952. The minimum Gasteiger partial charge on any atom is -0.383 e. The van der Waals surface area contributed by atoms with Crippen molar-refractivity contribution in [3.05, 3.63) is 50.8 Å². The first-order valence-corrected chi connectivity index (χ1v) is 12.2. The minimum atomic E-state index is -1.29. The molecular weight excluding hydrogens is 360 g/mol. The van der Waals surface area contributed by atoms with Crippen molar-refractivity contribution in [3.8, 4) is 0 Å². The van der Waals surface area contributed by atoms with Crippen LogP contribution in [0.15, 0.2) is 39.8 Å². The average Bonchev–Trinajstić information content (AvgIpc) is 2.83. The third-order valence-corrected chi connectivity index (χ3v) is 8.99. The Bertz CT molecular complexity index is 715. The summed E-state index contributed by atoms with van der Waals surface area (Å²) < 4.78 is 2.60. The van der Waals surface area contributed by atoms with Gasteiger partial charge >= 0.3 is 0 Å². The van der Waals surface area contributed by atoms with E-state index < -0.39 is 8.07 Å². The van der Waals surface area contributed by atoms with Crippen molar-refractivity contribution in [2.75, 3.05) is 0 Å². The molecule has 1 aliphatic heterocycles. The van der Waals surface area contributed by atoms with E-state index in [1.165, 1.54) is 20.5 Å². The van der Waals surface area contributed by atoms with Gasteiger partial charge < -0.3 is 5.73 Å². The lowest BCUT2D eigenvalue weighted by atomic mass is 9.97. The van der Waals surface area contributed by atoms with Crippen molar-refractivity contribution in [2.45, 2.75) is 32.1 Å². The number of hydrogen-bond acceptors (Lipinski definition) is 3. The van der Waals surface area contributed by atoms with Crippen molar-refractivity contribution in [1.82, 2.24) is 0 Å². The molecule has 0 radical (unpaired) electrons. The molecule has 2 nitrogen and oxygen atoms in total. The zero-order valence-corrected chi connectivity index (χ0v) is 15.9. The van der Waals surface area contributed by atoms with Gasteiger partial charge in [-0.3, -0.25) is 4.99 Å². The minimum absolute atomic E-state index is 0.138. The summed E-state index contributed by atoms with van der Waals surface area (Å²) in [7, 11) is -1.29. The van der Waals surface area contributed by atoms with Gasteiger partial charge in [0.1, 0.15) is 5.84 Å². The van der Waals surface area contributed by atoms with Crippen LogP contribution in [0.4, 0.5) is 0 Å². The van der Waals surface area contributed by atoms with Crippen LogP contribution in [-0.4, -0.2) is 13.9 Å². The van der Waals surface area contributed by atoms with Crippen LogP contribution in [0.25, 0.3) is 0 Å². The molecule has 1 aromatic carbocycles. The van der Waals surface area contributed by atoms with E-state index >= 15 is 0 Å². The zero-order valence-electron chi connectivity index (χ0n) is 12.5. The molecule has 21 heavy (non-hydrogen) atoms. The Balaban J connectivity index is 1.98. The van der Waals surface area contributed by atoms with Crippen LogP contribution in [0.1, 0.15) is 22.0 Å². The van der Waals surface area contributed by atoms with Gasteiger partial charge in [-0.05, 0) is 33.8 Å². The Kier molecular flexibility index (Phi) is 3.84. The summed E-state index contributed by atoms with van der Waals surface area (Å²) in [4.78, 5) is 5.92. The van der Waals surface area contributed by atoms with Crippen molar-refractivity contribution in [2.24, 2.45) is 10.7 Å². The van der Waals surface area contributed by atoms with Gasteiger partial charge in [-0.25, -0.2) is 0 Å². The lowest BCUT2D eigenvalue weighted by molar-refractivity contribution is 0.713. The summed E-state index contributed by atoms with van der Waals surface area (Å²) in [6, 6.07) is 10.9. The van der Waals surface area contributed by atoms with Crippen molar-refractivity contribution >= 4 is 45.7 Å². The molecule has 1 aromatic heterocycles. The second-order valence-electron chi connectivity index (χ2n) is 6.50. The van der Waals surface area contributed by atoms with E-state index in [4.69, 9.17) is 10.7 Å². The highest BCUT2D eigenvalue weighted by molar-refractivity contribution is 9.10. The fourth-order valence-corrected chi connectivity index (χ4v) is 5.96. The smallest absolute Gasteiger partial charge is 0.136 e. The van der Waals surface area contributed by atoms with Crippen molar-refractivity contribution < 1.29 is 0 Å². The van der Waals surface area contributed by atoms with Crippen molar-refractivity contribution in [1.29, 1.82) is 0 Å². The molecule has 2 heterocycles. The summed E-state index contributed by atoms with van der Waals surface area (Å²) in [5.74, 6) is 0.704. The Morgan fingerprint density at radius 1 is 1.29 bits per heavy atom. The number of nitrogens with zero attached hydrogens (tertiary/aromatic N) is 1. The van der Waals surface area contributed by atoms with E-state index in [1.54, 1.807) is 0 Å². The Labute approximate surface area is 139 Å². The number of nitrogens with two attached hydrogens (primary N) is 1. The highest BCUT2D eigenvalue weighted by Crippen LogP contribution is 2.32. The topological polar surface area (TPSA) is 38.4 Å². The number of amidine groups is 1. The molecular formula is C16H19BrN2SSi. The molecule has 1 atom stereocenters. The van der Waals surface area contributed by atoms with Gasteiger partial charge in [-0.15, -0.1) is 11.3 Å². The van der Waals surface area contributed by atoms with Gasteiger partial charge in [0.25, 0.3) is 0 Å². The SMILES string of the molecule is C[Si](C)(C)c1cc2c(s1)C(N)=NC(c1cccc(Br)c1)C2. The van der Waals surface area contributed by atoms with Gasteiger partial charge in [-0.2, -0.15) is 0 Å². The van der Waals surface area contributed by atoms with E-state index in [-0.39, 0.29) is 6.04 Å². The van der Waals surface area contributed by atoms with Crippen LogP contribution in [0.2, 0.25) is 19.6 Å². The lowest BCUT2D eigenvalue weighted by Crippen LogP contribution is -2.34. The number of benzene rings is 1. The Hall–Kier alpha value is -0.913. The molecule has 1 aliphatic rings. The molecule has 110 valence electrons. The van der Waals surface area contributed by atoms with E-state index in [9.17, 15) is 0 Å². The van der Waals surface area contributed by atoms with Crippen LogP contribution in [0.5, 0.6) is 0 Å². The van der Waals surface area contributed by atoms with Gasteiger partial charge in [0.2, 0.25) is 0 Å². The summed E-state index contributed by atoms with van der Waals surface area (Å²) in [5.41, 5.74) is 8.82. The van der Waals surface area contributed by atoms with Gasteiger partial charge in [0, 0.05) is 10.9 Å². The molecule has 0 bridgehead atoms. The molecule has 0 saturated heterocycles. The standard InChI is InChI=1S/C16H19BrN2SSi/c1-21(2,3)14-9-11-8-13(19-16(18)15(11)20-14)10-5-4-6-12(17)7-10/h4-7,9,13H,8H2,1-3H3,(H2,18,19). The predicted molar refractivity (Wildman–Crippen MR) is 98.6 cm³/mol. The third-order valence-electron chi connectivity index (χ3n) is 3.72. The molecule has 2 N–H and O–H groups in total.